The molecule has 1 heterocycles. The van der Waals surface area contributed by atoms with Crippen molar-refractivity contribution in [2.45, 2.75) is 25.3 Å². The van der Waals surface area contributed by atoms with Crippen LogP contribution in [0.25, 0.3) is 0 Å². The van der Waals surface area contributed by atoms with E-state index in [1.54, 1.807) is 6.20 Å². The SMILES string of the molecule is CC(C)C(N)C(=O)C1NC=CS1. The Morgan fingerprint density at radius 2 is 2.33 bits per heavy atom. The average molecular weight is 186 g/mol. The van der Waals surface area contributed by atoms with Gasteiger partial charge in [0.05, 0.1) is 6.04 Å². The maximum Gasteiger partial charge on any atom is 0.182 e. The summed E-state index contributed by atoms with van der Waals surface area (Å²) < 4.78 is 0. The Bertz CT molecular complexity index is 191. The predicted octanol–water partition coefficient (Wildman–Crippen LogP) is 0.672. The number of thioether (sulfide) groups is 1. The molecule has 0 aliphatic carbocycles. The summed E-state index contributed by atoms with van der Waals surface area (Å²) in [5.74, 6) is 0.292. The molecule has 0 spiro atoms. The molecule has 0 radical (unpaired) electrons. The van der Waals surface area contributed by atoms with Crippen LogP contribution < -0.4 is 11.1 Å². The van der Waals surface area contributed by atoms with Crippen molar-refractivity contribution < 1.29 is 4.79 Å². The smallest absolute Gasteiger partial charge is 0.182 e. The molecular weight excluding hydrogens is 172 g/mol. The first-order chi connectivity index (χ1) is 5.63. The van der Waals surface area contributed by atoms with Crippen LogP contribution in [0.1, 0.15) is 13.8 Å². The average Bonchev–Trinajstić information content (AvgIpc) is 2.53. The molecular formula is C8H14N2OS. The second kappa shape index (κ2) is 3.96. The van der Waals surface area contributed by atoms with Crippen LogP contribution in [-0.4, -0.2) is 17.2 Å². The second-order valence-electron chi connectivity index (χ2n) is 3.16. The van der Waals surface area contributed by atoms with E-state index in [-0.39, 0.29) is 23.1 Å². The summed E-state index contributed by atoms with van der Waals surface area (Å²) in [6, 6.07) is -0.352. The summed E-state index contributed by atoms with van der Waals surface area (Å²) in [6.45, 7) is 3.91. The number of nitrogens with two attached hydrogens (primary N) is 1. The van der Waals surface area contributed by atoms with Crippen LogP contribution >= 0.6 is 11.8 Å². The molecule has 1 aliphatic heterocycles. The van der Waals surface area contributed by atoms with Crippen molar-refractivity contribution >= 4 is 17.5 Å². The van der Waals surface area contributed by atoms with Gasteiger partial charge in [-0.2, -0.15) is 0 Å². The van der Waals surface area contributed by atoms with E-state index < -0.39 is 0 Å². The molecule has 0 amide bonds. The van der Waals surface area contributed by atoms with Crippen molar-refractivity contribution in [1.29, 1.82) is 0 Å². The number of hydrogen-bond donors (Lipinski definition) is 2. The normalized spacial score (nSPS) is 24.2. The number of hydrogen-bond acceptors (Lipinski definition) is 4. The molecule has 0 aromatic carbocycles. The van der Waals surface area contributed by atoms with Crippen LogP contribution in [0.4, 0.5) is 0 Å². The van der Waals surface area contributed by atoms with E-state index >= 15 is 0 Å². The predicted molar refractivity (Wildman–Crippen MR) is 51.5 cm³/mol. The van der Waals surface area contributed by atoms with Crippen molar-refractivity contribution in [2.75, 3.05) is 0 Å². The minimum atomic E-state index is -0.352. The quantitative estimate of drug-likeness (QED) is 0.680. The number of carbonyl (C=O) groups is 1. The largest absolute Gasteiger partial charge is 0.372 e. The molecule has 1 rings (SSSR count). The van der Waals surface area contributed by atoms with Crippen LogP contribution in [0, 0.1) is 5.92 Å². The second-order valence-corrected chi connectivity index (χ2v) is 4.17. The van der Waals surface area contributed by atoms with Gasteiger partial charge in [0.2, 0.25) is 0 Å². The van der Waals surface area contributed by atoms with Crippen LogP contribution in [0.2, 0.25) is 0 Å². The van der Waals surface area contributed by atoms with Crippen LogP contribution in [-0.2, 0) is 4.79 Å². The van der Waals surface area contributed by atoms with E-state index in [1.165, 1.54) is 11.8 Å². The molecule has 3 nitrogen and oxygen atoms in total. The van der Waals surface area contributed by atoms with Crippen molar-refractivity contribution in [3.8, 4) is 0 Å². The third kappa shape index (κ3) is 2.01. The molecule has 3 N–H and O–H groups in total. The van der Waals surface area contributed by atoms with E-state index in [2.05, 4.69) is 5.32 Å². The van der Waals surface area contributed by atoms with Gasteiger partial charge >= 0.3 is 0 Å². The highest BCUT2D eigenvalue weighted by Crippen LogP contribution is 2.18. The fourth-order valence-corrected chi connectivity index (χ4v) is 1.70. The Balaban J connectivity index is 2.47. The van der Waals surface area contributed by atoms with Crippen molar-refractivity contribution in [3.63, 3.8) is 0 Å². The van der Waals surface area contributed by atoms with E-state index in [0.29, 0.717) is 0 Å². The molecule has 1 aliphatic rings. The third-order valence-electron chi connectivity index (χ3n) is 1.84. The zero-order valence-electron chi connectivity index (χ0n) is 7.28. The lowest BCUT2D eigenvalue weighted by Gasteiger charge is -2.18. The van der Waals surface area contributed by atoms with Gasteiger partial charge in [-0.3, -0.25) is 4.79 Å². The Hall–Kier alpha value is -0.480. The van der Waals surface area contributed by atoms with Crippen LogP contribution in [0.15, 0.2) is 11.6 Å². The van der Waals surface area contributed by atoms with Gasteiger partial charge in [-0.15, -0.1) is 0 Å². The highest BCUT2D eigenvalue weighted by Gasteiger charge is 2.26. The van der Waals surface area contributed by atoms with E-state index in [0.717, 1.165) is 0 Å². The molecule has 0 aromatic heterocycles. The van der Waals surface area contributed by atoms with Gasteiger partial charge < -0.3 is 11.1 Å². The lowest BCUT2D eigenvalue weighted by atomic mass is 10.0. The van der Waals surface area contributed by atoms with Crippen molar-refractivity contribution in [1.82, 2.24) is 5.32 Å². The molecule has 0 bridgehead atoms. The molecule has 12 heavy (non-hydrogen) atoms. The Morgan fingerprint density at radius 1 is 1.67 bits per heavy atom. The van der Waals surface area contributed by atoms with E-state index in [4.69, 9.17) is 5.73 Å². The number of nitrogens with one attached hydrogen (secondary N) is 1. The minimum Gasteiger partial charge on any atom is -0.372 e. The molecule has 2 atom stereocenters. The molecule has 0 saturated heterocycles. The van der Waals surface area contributed by atoms with Gasteiger partial charge in [0.1, 0.15) is 5.37 Å². The first-order valence-electron chi connectivity index (χ1n) is 3.98. The maximum atomic E-state index is 11.5. The summed E-state index contributed by atoms with van der Waals surface area (Å²) in [5, 5.41) is 4.65. The Kier molecular flexibility index (Phi) is 3.17. The molecule has 4 heteroatoms. The molecule has 68 valence electrons. The first-order valence-corrected chi connectivity index (χ1v) is 4.93. The Morgan fingerprint density at radius 3 is 2.75 bits per heavy atom. The molecule has 0 aromatic rings. The van der Waals surface area contributed by atoms with Gasteiger partial charge in [0, 0.05) is 6.20 Å². The van der Waals surface area contributed by atoms with Crippen LogP contribution in [0.5, 0.6) is 0 Å². The summed E-state index contributed by atoms with van der Waals surface area (Å²) in [4.78, 5) is 11.5. The van der Waals surface area contributed by atoms with Gasteiger partial charge in [0.15, 0.2) is 5.78 Å². The fraction of sp³-hybridized carbons (Fsp3) is 0.625. The molecule has 0 saturated carbocycles. The van der Waals surface area contributed by atoms with Crippen molar-refractivity contribution in [2.24, 2.45) is 11.7 Å². The third-order valence-corrected chi connectivity index (χ3v) is 2.77. The topological polar surface area (TPSA) is 55.1 Å². The zero-order valence-corrected chi connectivity index (χ0v) is 8.10. The maximum absolute atomic E-state index is 11.5. The molecule has 2 unspecified atom stereocenters. The van der Waals surface area contributed by atoms with Gasteiger partial charge in [-0.1, -0.05) is 25.6 Å². The van der Waals surface area contributed by atoms with Crippen molar-refractivity contribution in [3.05, 3.63) is 11.6 Å². The minimum absolute atomic E-state index is 0.0833. The Labute approximate surface area is 76.8 Å². The molecule has 0 fully saturated rings. The zero-order chi connectivity index (χ0) is 9.14. The number of ketones is 1. The van der Waals surface area contributed by atoms with E-state index in [1.807, 2.05) is 19.3 Å². The van der Waals surface area contributed by atoms with Gasteiger partial charge in [-0.05, 0) is 11.3 Å². The highest BCUT2D eigenvalue weighted by molar-refractivity contribution is 8.03. The standard InChI is InChI=1S/C8H14N2OS/c1-5(2)6(9)7(11)8-10-3-4-12-8/h3-6,8,10H,9H2,1-2H3. The fourth-order valence-electron chi connectivity index (χ4n) is 0.936. The lowest BCUT2D eigenvalue weighted by molar-refractivity contribution is -0.120. The first kappa shape index (κ1) is 9.61. The lowest BCUT2D eigenvalue weighted by Crippen LogP contribution is -2.44. The van der Waals surface area contributed by atoms with Gasteiger partial charge in [0.25, 0.3) is 0 Å². The number of Topliss-reactive ketones (excluding diaryl/α,β-unsaturated/α-hetero) is 1. The summed E-state index contributed by atoms with van der Waals surface area (Å²) in [6.07, 6.45) is 1.78. The monoisotopic (exact) mass is 186 g/mol. The van der Waals surface area contributed by atoms with Gasteiger partial charge in [-0.25, -0.2) is 0 Å². The highest BCUT2D eigenvalue weighted by atomic mass is 32.2. The summed E-state index contributed by atoms with van der Waals surface area (Å²) >= 11 is 1.48. The summed E-state index contributed by atoms with van der Waals surface area (Å²) in [5.41, 5.74) is 5.71. The number of rotatable bonds is 3. The number of carbonyl (C=O) groups excluding carboxylic acids is 1. The van der Waals surface area contributed by atoms with Crippen LogP contribution in [0.3, 0.4) is 0 Å². The van der Waals surface area contributed by atoms with E-state index in [9.17, 15) is 4.79 Å². The summed E-state index contributed by atoms with van der Waals surface area (Å²) in [7, 11) is 0.